The number of aromatic carboxylic acids is 1. The van der Waals surface area contributed by atoms with Crippen LogP contribution in [0.1, 0.15) is 16.8 Å². The number of benzene rings is 1. The van der Waals surface area contributed by atoms with Crippen molar-refractivity contribution in [2.24, 2.45) is 23.7 Å². The highest BCUT2D eigenvalue weighted by Crippen LogP contribution is 2.60. The summed E-state index contributed by atoms with van der Waals surface area (Å²) in [5, 5.41) is 10.8. The normalized spacial score (nSPS) is 38.3. The molecule has 0 N–H and O–H groups in total. The topological polar surface area (TPSA) is 77.5 Å². The van der Waals surface area contributed by atoms with Crippen molar-refractivity contribution in [2.75, 3.05) is 4.90 Å². The SMILES string of the molecule is O=C([O-])c1ccc(N2C(=O)[C@@H]3[C@H]4C[C@H]([C@H](Br)[C@@H]4Br)[C@@H]3C2=O)cc1. The van der Waals surface area contributed by atoms with E-state index >= 15 is 0 Å². The molecule has 3 aliphatic rings. The second-order valence-electron chi connectivity index (χ2n) is 6.35. The van der Waals surface area contributed by atoms with Crippen molar-refractivity contribution in [2.45, 2.75) is 16.1 Å². The van der Waals surface area contributed by atoms with Crippen LogP contribution < -0.4 is 10.0 Å². The lowest BCUT2D eigenvalue weighted by atomic mass is 9.81. The Hall–Kier alpha value is -1.21. The zero-order chi connectivity index (χ0) is 16.5. The van der Waals surface area contributed by atoms with E-state index in [1.54, 1.807) is 0 Å². The highest BCUT2D eigenvalue weighted by Gasteiger charge is 2.66. The molecular formula is C16H12Br2NO4-. The lowest BCUT2D eigenvalue weighted by Gasteiger charge is -2.28. The van der Waals surface area contributed by atoms with E-state index < -0.39 is 5.97 Å². The average Bonchev–Trinajstić information content (AvgIpc) is 3.12. The molecule has 2 aliphatic carbocycles. The predicted molar refractivity (Wildman–Crippen MR) is 87.3 cm³/mol. The van der Waals surface area contributed by atoms with Crippen LogP contribution in [0.3, 0.4) is 0 Å². The summed E-state index contributed by atoms with van der Waals surface area (Å²) in [6.45, 7) is 0. The Bertz CT molecular complexity index is 687. The molecule has 5 nitrogen and oxygen atoms in total. The molecule has 4 rings (SSSR count). The molecule has 6 atom stereocenters. The van der Waals surface area contributed by atoms with Gasteiger partial charge in [-0.1, -0.05) is 44.0 Å². The molecule has 120 valence electrons. The van der Waals surface area contributed by atoms with E-state index in [0.717, 1.165) is 6.42 Å². The molecule has 1 heterocycles. The molecule has 0 unspecified atom stereocenters. The Labute approximate surface area is 149 Å². The molecule has 0 aromatic heterocycles. The summed E-state index contributed by atoms with van der Waals surface area (Å²) in [7, 11) is 0. The summed E-state index contributed by atoms with van der Waals surface area (Å²) in [6.07, 6.45) is 0.885. The van der Waals surface area contributed by atoms with Crippen LogP contribution in [0.2, 0.25) is 0 Å². The van der Waals surface area contributed by atoms with E-state index in [1.807, 2.05) is 0 Å². The van der Waals surface area contributed by atoms with Gasteiger partial charge in [-0.2, -0.15) is 0 Å². The molecule has 2 bridgehead atoms. The second-order valence-corrected chi connectivity index (χ2v) is 8.46. The van der Waals surface area contributed by atoms with Crippen molar-refractivity contribution < 1.29 is 19.5 Å². The Balaban J connectivity index is 1.68. The lowest BCUT2D eigenvalue weighted by Crippen LogP contribution is -2.37. The van der Waals surface area contributed by atoms with Crippen molar-refractivity contribution >= 4 is 55.3 Å². The van der Waals surface area contributed by atoms with Gasteiger partial charge in [-0.25, -0.2) is 0 Å². The molecular weight excluding hydrogens is 430 g/mol. The number of hydrogen-bond donors (Lipinski definition) is 0. The van der Waals surface area contributed by atoms with Crippen molar-refractivity contribution in [1.82, 2.24) is 0 Å². The monoisotopic (exact) mass is 440 g/mol. The Morgan fingerprint density at radius 1 is 1.00 bits per heavy atom. The molecule has 7 heteroatoms. The van der Waals surface area contributed by atoms with Gasteiger partial charge >= 0.3 is 0 Å². The van der Waals surface area contributed by atoms with Gasteiger partial charge in [0.2, 0.25) is 11.8 Å². The second kappa shape index (κ2) is 5.14. The summed E-state index contributed by atoms with van der Waals surface area (Å²) >= 11 is 7.29. The number of halogens is 2. The molecule has 1 saturated heterocycles. The van der Waals surface area contributed by atoms with E-state index in [-0.39, 0.29) is 50.7 Å². The first-order chi connectivity index (χ1) is 10.9. The summed E-state index contributed by atoms with van der Waals surface area (Å²) in [6, 6.07) is 5.69. The van der Waals surface area contributed by atoms with Gasteiger partial charge in [-0.3, -0.25) is 14.5 Å². The number of imide groups is 1. The first-order valence-electron chi connectivity index (χ1n) is 7.39. The van der Waals surface area contributed by atoms with Crippen LogP contribution in [0, 0.1) is 23.7 Å². The highest BCUT2D eigenvalue weighted by molar-refractivity contribution is 9.12. The number of anilines is 1. The third kappa shape index (κ3) is 1.99. The minimum Gasteiger partial charge on any atom is -0.545 e. The fourth-order valence-corrected chi connectivity index (χ4v) is 6.22. The third-order valence-electron chi connectivity index (χ3n) is 5.35. The van der Waals surface area contributed by atoms with E-state index in [0.29, 0.717) is 5.69 Å². The first kappa shape index (κ1) is 15.3. The Kier molecular flexibility index (Phi) is 3.43. The summed E-state index contributed by atoms with van der Waals surface area (Å²) in [5.41, 5.74) is 0.449. The van der Waals surface area contributed by atoms with Gasteiger partial charge in [0.05, 0.1) is 23.5 Å². The summed E-state index contributed by atoms with van der Waals surface area (Å²) in [5.74, 6) is -1.83. The van der Waals surface area contributed by atoms with Crippen LogP contribution >= 0.6 is 31.9 Å². The molecule has 1 aliphatic heterocycles. The van der Waals surface area contributed by atoms with Gasteiger partial charge in [0.25, 0.3) is 0 Å². The summed E-state index contributed by atoms with van der Waals surface area (Å²) in [4.78, 5) is 38.0. The standard InChI is InChI=1S/C16H13Br2NO4/c17-12-8-5-9(13(12)18)11-10(8)14(20)19(15(11)21)7-3-1-6(2-4-7)16(22)23/h1-4,8-13H,5H2,(H,22,23)/p-1/t8-,9+,10-,11+,12-,13+. The maximum absolute atomic E-state index is 12.8. The molecule has 2 amide bonds. The van der Waals surface area contributed by atoms with Crippen LogP contribution in [0.4, 0.5) is 5.69 Å². The average molecular weight is 442 g/mol. The largest absolute Gasteiger partial charge is 0.545 e. The maximum atomic E-state index is 12.8. The number of alkyl halides is 2. The van der Waals surface area contributed by atoms with Crippen molar-refractivity contribution in [3.05, 3.63) is 29.8 Å². The number of amides is 2. The lowest BCUT2D eigenvalue weighted by molar-refractivity contribution is -0.255. The Morgan fingerprint density at radius 2 is 1.48 bits per heavy atom. The third-order valence-corrected chi connectivity index (χ3v) is 8.55. The van der Waals surface area contributed by atoms with Crippen LogP contribution in [0.15, 0.2) is 24.3 Å². The number of hydrogen-bond acceptors (Lipinski definition) is 4. The zero-order valence-electron chi connectivity index (χ0n) is 11.8. The van der Waals surface area contributed by atoms with E-state index in [4.69, 9.17) is 0 Å². The summed E-state index contributed by atoms with van der Waals surface area (Å²) < 4.78 is 0. The van der Waals surface area contributed by atoms with Gasteiger partial charge < -0.3 is 9.90 Å². The van der Waals surface area contributed by atoms with Crippen molar-refractivity contribution in [3.8, 4) is 0 Å². The van der Waals surface area contributed by atoms with Gasteiger partial charge in [-0.15, -0.1) is 0 Å². The van der Waals surface area contributed by atoms with Crippen LogP contribution in [0.25, 0.3) is 0 Å². The van der Waals surface area contributed by atoms with Gasteiger partial charge in [0.1, 0.15) is 0 Å². The van der Waals surface area contributed by atoms with Gasteiger partial charge in [-0.05, 0) is 36.0 Å². The number of nitrogens with zero attached hydrogens (tertiary/aromatic N) is 1. The Morgan fingerprint density at radius 3 is 1.91 bits per heavy atom. The first-order valence-corrected chi connectivity index (χ1v) is 9.22. The fraction of sp³-hybridized carbons (Fsp3) is 0.438. The number of carbonyl (C=O) groups excluding carboxylic acids is 3. The number of carboxylic acid groups (broad SMARTS) is 1. The zero-order valence-corrected chi connectivity index (χ0v) is 15.0. The molecule has 23 heavy (non-hydrogen) atoms. The van der Waals surface area contributed by atoms with Crippen molar-refractivity contribution in [1.29, 1.82) is 0 Å². The quantitative estimate of drug-likeness (QED) is 0.512. The number of fused-ring (bicyclic) bond motifs is 5. The highest BCUT2D eigenvalue weighted by atomic mass is 79.9. The number of carbonyl (C=O) groups is 3. The predicted octanol–water partition coefficient (Wildman–Crippen LogP) is 1.33. The number of carboxylic acids is 1. The minimum atomic E-state index is -1.28. The van der Waals surface area contributed by atoms with Gasteiger partial charge in [0.15, 0.2) is 0 Å². The van der Waals surface area contributed by atoms with Crippen LogP contribution in [-0.4, -0.2) is 27.4 Å². The maximum Gasteiger partial charge on any atom is 0.238 e. The fourth-order valence-electron chi connectivity index (χ4n) is 4.35. The molecule has 3 fully saturated rings. The molecule has 0 radical (unpaired) electrons. The molecule has 1 aromatic carbocycles. The molecule has 2 saturated carbocycles. The smallest absolute Gasteiger partial charge is 0.238 e. The van der Waals surface area contributed by atoms with Crippen LogP contribution in [0.5, 0.6) is 0 Å². The van der Waals surface area contributed by atoms with Gasteiger partial charge in [0, 0.05) is 9.65 Å². The van der Waals surface area contributed by atoms with Crippen LogP contribution in [-0.2, 0) is 9.59 Å². The molecule has 0 spiro atoms. The number of rotatable bonds is 2. The van der Waals surface area contributed by atoms with E-state index in [9.17, 15) is 19.5 Å². The minimum absolute atomic E-state index is 0.0224. The van der Waals surface area contributed by atoms with E-state index in [2.05, 4.69) is 31.9 Å². The van der Waals surface area contributed by atoms with E-state index in [1.165, 1.54) is 29.2 Å². The van der Waals surface area contributed by atoms with Crippen molar-refractivity contribution in [3.63, 3.8) is 0 Å². The molecule has 1 aromatic rings.